The number of hydrogen-bond donors (Lipinski definition) is 1. The fourth-order valence-corrected chi connectivity index (χ4v) is 2.35. The van der Waals surface area contributed by atoms with Crippen LogP contribution in [0.5, 0.6) is 11.5 Å². The summed E-state index contributed by atoms with van der Waals surface area (Å²) in [6.45, 7) is 3.77. The summed E-state index contributed by atoms with van der Waals surface area (Å²) in [4.78, 5) is 0. The fourth-order valence-electron chi connectivity index (χ4n) is 2.10. The molecule has 0 saturated heterocycles. The lowest BCUT2D eigenvalue weighted by molar-refractivity contribution is 0.394. The molecule has 0 atom stereocenters. The maximum absolute atomic E-state index is 6.36. The minimum atomic E-state index is 0.759. The van der Waals surface area contributed by atoms with E-state index in [1.54, 1.807) is 14.2 Å². The highest BCUT2D eigenvalue weighted by atomic mass is 35.5. The van der Waals surface area contributed by atoms with Crippen molar-refractivity contribution in [3.8, 4) is 22.6 Å². The van der Waals surface area contributed by atoms with Crippen molar-refractivity contribution in [2.75, 3.05) is 20.8 Å². The third kappa shape index (κ3) is 3.90. The van der Waals surface area contributed by atoms with Gasteiger partial charge in [0.25, 0.3) is 0 Å². The van der Waals surface area contributed by atoms with E-state index in [4.69, 9.17) is 21.1 Å². The second-order valence-electron chi connectivity index (χ2n) is 4.69. The van der Waals surface area contributed by atoms with Gasteiger partial charge in [-0.15, -0.1) is 0 Å². The standard InChI is InChI=1S/C17H20ClNO2/c1-4-19-11-13-6-5-12(9-17(13)18)14-7-15(20-2)10-16(8-14)21-3/h5-10,19H,4,11H2,1-3H3. The van der Waals surface area contributed by atoms with Crippen molar-refractivity contribution in [2.24, 2.45) is 0 Å². The molecule has 2 aromatic carbocycles. The summed E-state index contributed by atoms with van der Waals surface area (Å²) < 4.78 is 10.6. The zero-order valence-corrected chi connectivity index (χ0v) is 13.3. The Hall–Kier alpha value is -1.71. The Morgan fingerprint density at radius 2 is 1.62 bits per heavy atom. The molecule has 0 heterocycles. The molecule has 3 nitrogen and oxygen atoms in total. The van der Waals surface area contributed by atoms with Crippen LogP contribution in [0.1, 0.15) is 12.5 Å². The molecular formula is C17H20ClNO2. The molecule has 112 valence electrons. The summed E-state index contributed by atoms with van der Waals surface area (Å²) in [5.41, 5.74) is 3.15. The first-order valence-electron chi connectivity index (χ1n) is 6.90. The van der Waals surface area contributed by atoms with E-state index in [9.17, 15) is 0 Å². The number of benzene rings is 2. The highest BCUT2D eigenvalue weighted by molar-refractivity contribution is 6.31. The van der Waals surface area contributed by atoms with Gasteiger partial charge in [0.05, 0.1) is 14.2 Å². The maximum atomic E-state index is 6.36. The molecule has 0 fully saturated rings. The molecule has 0 aliphatic carbocycles. The molecule has 0 radical (unpaired) electrons. The second-order valence-corrected chi connectivity index (χ2v) is 5.10. The van der Waals surface area contributed by atoms with Crippen molar-refractivity contribution < 1.29 is 9.47 Å². The van der Waals surface area contributed by atoms with Crippen molar-refractivity contribution in [3.63, 3.8) is 0 Å². The van der Waals surface area contributed by atoms with Crippen LogP contribution < -0.4 is 14.8 Å². The first-order valence-corrected chi connectivity index (χ1v) is 7.28. The van der Waals surface area contributed by atoms with Gasteiger partial charge in [-0.1, -0.05) is 30.7 Å². The van der Waals surface area contributed by atoms with Gasteiger partial charge >= 0.3 is 0 Å². The number of halogens is 1. The number of rotatable bonds is 6. The molecule has 0 spiro atoms. The number of ether oxygens (including phenoxy) is 2. The van der Waals surface area contributed by atoms with Gasteiger partial charge in [0.15, 0.2) is 0 Å². The first kappa shape index (κ1) is 15.7. The largest absolute Gasteiger partial charge is 0.497 e. The van der Waals surface area contributed by atoms with Gasteiger partial charge in [0.1, 0.15) is 11.5 Å². The Balaban J connectivity index is 2.35. The van der Waals surface area contributed by atoms with Crippen LogP contribution >= 0.6 is 11.6 Å². The van der Waals surface area contributed by atoms with E-state index in [1.807, 2.05) is 30.3 Å². The minimum absolute atomic E-state index is 0.759. The Kier molecular flexibility index (Phi) is 5.48. The summed E-state index contributed by atoms with van der Waals surface area (Å²) >= 11 is 6.36. The van der Waals surface area contributed by atoms with Crippen LogP contribution in [-0.4, -0.2) is 20.8 Å². The van der Waals surface area contributed by atoms with E-state index < -0.39 is 0 Å². The van der Waals surface area contributed by atoms with Gasteiger partial charge in [-0.05, 0) is 41.4 Å². The Bertz CT molecular complexity index is 591. The van der Waals surface area contributed by atoms with Gasteiger partial charge in [0.2, 0.25) is 0 Å². The molecule has 4 heteroatoms. The van der Waals surface area contributed by atoms with Crippen LogP contribution in [0.3, 0.4) is 0 Å². The molecule has 0 aliphatic rings. The van der Waals surface area contributed by atoms with Crippen LogP contribution in [0.4, 0.5) is 0 Å². The molecule has 2 rings (SSSR count). The van der Waals surface area contributed by atoms with Crippen LogP contribution in [0, 0.1) is 0 Å². The summed E-state index contributed by atoms with van der Waals surface area (Å²) in [5, 5.41) is 4.04. The van der Waals surface area contributed by atoms with E-state index in [1.165, 1.54) is 0 Å². The van der Waals surface area contributed by atoms with Crippen molar-refractivity contribution in [3.05, 3.63) is 47.0 Å². The molecule has 2 aromatic rings. The van der Waals surface area contributed by atoms with Crippen molar-refractivity contribution in [1.29, 1.82) is 0 Å². The maximum Gasteiger partial charge on any atom is 0.123 e. The lowest BCUT2D eigenvalue weighted by Crippen LogP contribution is -2.11. The molecule has 0 amide bonds. The topological polar surface area (TPSA) is 30.5 Å². The van der Waals surface area contributed by atoms with Crippen LogP contribution in [0.2, 0.25) is 5.02 Å². The fraction of sp³-hybridized carbons (Fsp3) is 0.294. The third-order valence-corrected chi connectivity index (χ3v) is 3.66. The molecule has 21 heavy (non-hydrogen) atoms. The quantitative estimate of drug-likeness (QED) is 0.870. The van der Waals surface area contributed by atoms with Crippen molar-refractivity contribution in [2.45, 2.75) is 13.5 Å². The Labute approximate surface area is 130 Å². The van der Waals surface area contributed by atoms with E-state index in [0.29, 0.717) is 0 Å². The summed E-state index contributed by atoms with van der Waals surface area (Å²) in [7, 11) is 3.29. The molecule has 0 aliphatic heterocycles. The average Bonchev–Trinajstić information content (AvgIpc) is 2.53. The molecular weight excluding hydrogens is 286 g/mol. The van der Waals surface area contributed by atoms with Crippen LogP contribution in [-0.2, 0) is 6.54 Å². The molecule has 0 bridgehead atoms. The Morgan fingerprint density at radius 1 is 0.952 bits per heavy atom. The predicted octanol–water partition coefficient (Wildman–Crippen LogP) is 4.13. The lowest BCUT2D eigenvalue weighted by atomic mass is 10.0. The predicted molar refractivity (Wildman–Crippen MR) is 87.4 cm³/mol. The summed E-state index contributed by atoms with van der Waals surface area (Å²) in [6, 6.07) is 11.9. The van der Waals surface area contributed by atoms with Crippen molar-refractivity contribution in [1.82, 2.24) is 5.32 Å². The van der Waals surface area contributed by atoms with Gasteiger partial charge < -0.3 is 14.8 Å². The van der Waals surface area contributed by atoms with Crippen LogP contribution in [0.15, 0.2) is 36.4 Å². The minimum Gasteiger partial charge on any atom is -0.497 e. The normalized spacial score (nSPS) is 10.5. The van der Waals surface area contributed by atoms with Crippen LogP contribution in [0.25, 0.3) is 11.1 Å². The van der Waals surface area contributed by atoms with E-state index in [2.05, 4.69) is 18.3 Å². The lowest BCUT2D eigenvalue weighted by Gasteiger charge is -2.11. The number of methoxy groups -OCH3 is 2. The third-order valence-electron chi connectivity index (χ3n) is 3.30. The van der Waals surface area contributed by atoms with E-state index in [0.717, 1.165) is 46.3 Å². The van der Waals surface area contributed by atoms with Gasteiger partial charge in [-0.2, -0.15) is 0 Å². The molecule has 0 saturated carbocycles. The second kappa shape index (κ2) is 7.34. The first-order chi connectivity index (χ1) is 10.2. The highest BCUT2D eigenvalue weighted by Crippen LogP contribution is 2.32. The van der Waals surface area contributed by atoms with E-state index >= 15 is 0 Å². The van der Waals surface area contributed by atoms with Gasteiger partial charge in [-0.25, -0.2) is 0 Å². The zero-order chi connectivity index (χ0) is 15.2. The monoisotopic (exact) mass is 305 g/mol. The zero-order valence-electron chi connectivity index (χ0n) is 12.6. The summed E-state index contributed by atoms with van der Waals surface area (Å²) in [6.07, 6.45) is 0. The highest BCUT2D eigenvalue weighted by Gasteiger charge is 2.07. The number of nitrogens with one attached hydrogen (secondary N) is 1. The van der Waals surface area contributed by atoms with Gasteiger partial charge in [0, 0.05) is 17.6 Å². The summed E-state index contributed by atoms with van der Waals surface area (Å²) in [5.74, 6) is 1.52. The Morgan fingerprint density at radius 3 is 2.14 bits per heavy atom. The van der Waals surface area contributed by atoms with E-state index in [-0.39, 0.29) is 0 Å². The SMILES string of the molecule is CCNCc1ccc(-c2cc(OC)cc(OC)c2)cc1Cl. The van der Waals surface area contributed by atoms with Gasteiger partial charge in [-0.3, -0.25) is 0 Å². The molecule has 0 unspecified atom stereocenters. The average molecular weight is 306 g/mol. The number of hydrogen-bond acceptors (Lipinski definition) is 3. The van der Waals surface area contributed by atoms with Crippen molar-refractivity contribution >= 4 is 11.6 Å². The smallest absolute Gasteiger partial charge is 0.123 e. The molecule has 0 aromatic heterocycles. The molecule has 1 N–H and O–H groups in total.